The third-order valence-corrected chi connectivity index (χ3v) is 11.5. The summed E-state index contributed by atoms with van der Waals surface area (Å²) in [5.74, 6) is 0.691. The molecule has 1 aromatic heterocycles. The summed E-state index contributed by atoms with van der Waals surface area (Å²) in [5.41, 5.74) is 2.97. The molecule has 220 valence electrons. The fourth-order valence-electron chi connectivity index (χ4n) is 8.27. The summed E-state index contributed by atoms with van der Waals surface area (Å²) in [6.07, 6.45) is 11.0. The highest BCUT2D eigenvalue weighted by Crippen LogP contribution is 2.42. The Labute approximate surface area is 242 Å². The van der Waals surface area contributed by atoms with Gasteiger partial charge in [0.25, 0.3) is 0 Å². The third-order valence-electron chi connectivity index (χ3n) is 10.4. The fraction of sp³-hybridized carbons (Fsp3) is 0.594. The summed E-state index contributed by atoms with van der Waals surface area (Å²) in [4.78, 5) is 10.5. The molecule has 2 atom stereocenters. The number of nitrogens with zero attached hydrogens (tertiary/aromatic N) is 4. The lowest BCUT2D eigenvalue weighted by Gasteiger charge is -2.48. The van der Waals surface area contributed by atoms with Gasteiger partial charge in [-0.05, 0) is 112 Å². The van der Waals surface area contributed by atoms with Gasteiger partial charge in [0.1, 0.15) is 11.3 Å². The maximum Gasteiger partial charge on any atom is 0.175 e. The van der Waals surface area contributed by atoms with Gasteiger partial charge in [0.15, 0.2) is 15.7 Å². The number of aromatic nitrogens is 2. The van der Waals surface area contributed by atoms with Gasteiger partial charge in [-0.3, -0.25) is 4.90 Å². The normalized spacial score (nSPS) is 27.1. The second-order valence-electron chi connectivity index (χ2n) is 12.8. The van der Waals surface area contributed by atoms with Crippen LogP contribution in [0.15, 0.2) is 41.3 Å². The van der Waals surface area contributed by atoms with Crippen molar-refractivity contribution in [2.75, 3.05) is 32.6 Å². The number of hydrogen-bond acceptors (Lipinski definition) is 6. The minimum atomic E-state index is -3.28. The molecular formula is C32H41FN4O3S. The van der Waals surface area contributed by atoms with E-state index in [9.17, 15) is 8.42 Å². The SMILES string of the molecule is Cn1c(-c2ccc(S(C)(=O)=O)cc2)nc2c(F)cc(C3CCN(C4CC5CCC(C4)N5C4CCOCC4)CC3)cc21. The predicted octanol–water partition coefficient (Wildman–Crippen LogP) is 5.14. The van der Waals surface area contributed by atoms with Crippen molar-refractivity contribution in [1.82, 2.24) is 19.4 Å². The lowest BCUT2D eigenvalue weighted by Crippen LogP contribution is -2.55. The number of benzene rings is 2. The number of likely N-dealkylation sites (tertiary alicyclic amines) is 1. The van der Waals surface area contributed by atoms with Crippen molar-refractivity contribution in [2.45, 2.75) is 86.3 Å². The van der Waals surface area contributed by atoms with E-state index in [0.29, 0.717) is 23.3 Å². The Hall–Kier alpha value is -2.33. The second-order valence-corrected chi connectivity index (χ2v) is 14.8. The Morgan fingerprint density at radius 1 is 0.878 bits per heavy atom. The molecule has 4 aliphatic heterocycles. The molecule has 0 N–H and O–H groups in total. The molecule has 9 heteroatoms. The van der Waals surface area contributed by atoms with Crippen molar-refractivity contribution >= 4 is 20.9 Å². The molecule has 2 aromatic carbocycles. The standard InChI is InChI=1S/C32H41FN4O3S/c1-35-30-18-23(17-29(33)31(30)34-32(35)22-3-7-28(8-4-22)41(2,38)39)21-9-13-36(14-10-21)27-19-25-5-6-26(20-27)37(25)24-11-15-40-16-12-24/h3-4,7-8,17-18,21,24-27H,5-6,9-16,19-20H2,1-2H3. The maximum absolute atomic E-state index is 15.4. The molecule has 4 fully saturated rings. The summed E-state index contributed by atoms with van der Waals surface area (Å²) in [6.45, 7) is 4.00. The molecule has 41 heavy (non-hydrogen) atoms. The number of ether oxygens (including phenoxy) is 1. The molecule has 7 rings (SSSR count). The summed E-state index contributed by atoms with van der Waals surface area (Å²) >= 11 is 0. The molecule has 7 nitrogen and oxygen atoms in total. The number of imidazole rings is 1. The largest absolute Gasteiger partial charge is 0.381 e. The van der Waals surface area contributed by atoms with Crippen molar-refractivity contribution in [2.24, 2.45) is 7.05 Å². The average molecular weight is 581 g/mol. The van der Waals surface area contributed by atoms with Crippen LogP contribution in [-0.4, -0.2) is 84.5 Å². The molecule has 2 bridgehead atoms. The third kappa shape index (κ3) is 5.13. The van der Waals surface area contributed by atoms with Gasteiger partial charge in [0.2, 0.25) is 0 Å². The van der Waals surface area contributed by atoms with E-state index < -0.39 is 9.84 Å². The smallest absolute Gasteiger partial charge is 0.175 e. The van der Waals surface area contributed by atoms with Crippen molar-refractivity contribution in [3.05, 3.63) is 47.8 Å². The molecule has 3 aromatic rings. The van der Waals surface area contributed by atoms with Gasteiger partial charge < -0.3 is 14.2 Å². The number of hydrogen-bond donors (Lipinski definition) is 0. The molecule has 2 unspecified atom stereocenters. The van der Waals surface area contributed by atoms with Crippen LogP contribution in [0.3, 0.4) is 0 Å². The first kappa shape index (κ1) is 27.5. The summed E-state index contributed by atoms with van der Waals surface area (Å²) in [7, 11) is -1.37. The first-order chi connectivity index (χ1) is 19.8. The summed E-state index contributed by atoms with van der Waals surface area (Å²) < 4.78 is 46.7. The number of rotatable bonds is 5. The fourth-order valence-corrected chi connectivity index (χ4v) is 8.90. The van der Waals surface area contributed by atoms with E-state index in [1.807, 2.05) is 11.6 Å². The van der Waals surface area contributed by atoms with Gasteiger partial charge in [0, 0.05) is 56.2 Å². The van der Waals surface area contributed by atoms with E-state index in [1.165, 1.54) is 44.8 Å². The highest BCUT2D eigenvalue weighted by atomic mass is 32.2. The average Bonchev–Trinajstić information content (AvgIpc) is 3.45. The van der Waals surface area contributed by atoms with Crippen molar-refractivity contribution in [3.8, 4) is 11.4 Å². The first-order valence-electron chi connectivity index (χ1n) is 15.3. The lowest BCUT2D eigenvalue weighted by molar-refractivity contribution is -0.0221. The minimum Gasteiger partial charge on any atom is -0.381 e. The predicted molar refractivity (Wildman–Crippen MR) is 158 cm³/mol. The molecule has 0 amide bonds. The van der Waals surface area contributed by atoms with Crippen LogP contribution in [-0.2, 0) is 21.6 Å². The van der Waals surface area contributed by atoms with E-state index in [1.54, 1.807) is 30.3 Å². The van der Waals surface area contributed by atoms with Crippen LogP contribution in [0.4, 0.5) is 4.39 Å². The zero-order valence-corrected chi connectivity index (χ0v) is 25.0. The highest BCUT2D eigenvalue weighted by molar-refractivity contribution is 7.90. The number of piperidine rings is 2. The molecule has 0 radical (unpaired) electrons. The summed E-state index contributed by atoms with van der Waals surface area (Å²) in [6, 6.07) is 13.3. The molecule has 4 aliphatic rings. The Morgan fingerprint density at radius 2 is 1.54 bits per heavy atom. The minimum absolute atomic E-state index is 0.261. The van der Waals surface area contributed by atoms with E-state index >= 15 is 4.39 Å². The van der Waals surface area contributed by atoms with E-state index in [0.717, 1.165) is 73.9 Å². The van der Waals surface area contributed by atoms with Gasteiger partial charge in [-0.1, -0.05) is 0 Å². The quantitative estimate of drug-likeness (QED) is 0.417. The van der Waals surface area contributed by atoms with Gasteiger partial charge in [-0.2, -0.15) is 0 Å². The number of halogens is 1. The van der Waals surface area contributed by atoms with Crippen LogP contribution in [0.1, 0.15) is 62.8 Å². The van der Waals surface area contributed by atoms with Gasteiger partial charge in [-0.15, -0.1) is 0 Å². The molecule has 0 aliphatic carbocycles. The maximum atomic E-state index is 15.4. The van der Waals surface area contributed by atoms with Crippen LogP contribution < -0.4 is 0 Å². The molecule has 0 saturated carbocycles. The Morgan fingerprint density at radius 3 is 2.17 bits per heavy atom. The zero-order chi connectivity index (χ0) is 28.3. The highest BCUT2D eigenvalue weighted by Gasteiger charge is 2.45. The lowest BCUT2D eigenvalue weighted by atomic mass is 9.86. The van der Waals surface area contributed by atoms with E-state index in [4.69, 9.17) is 4.74 Å². The second kappa shape index (κ2) is 10.7. The van der Waals surface area contributed by atoms with Crippen molar-refractivity contribution in [3.63, 3.8) is 0 Å². The zero-order valence-electron chi connectivity index (χ0n) is 24.1. The van der Waals surface area contributed by atoms with Crippen LogP contribution in [0.5, 0.6) is 0 Å². The topological polar surface area (TPSA) is 67.7 Å². The number of fused-ring (bicyclic) bond motifs is 3. The molecule has 4 saturated heterocycles. The van der Waals surface area contributed by atoms with Gasteiger partial charge in [-0.25, -0.2) is 17.8 Å². The Balaban J connectivity index is 1.04. The number of aryl methyl sites for hydroxylation is 1. The summed E-state index contributed by atoms with van der Waals surface area (Å²) in [5, 5.41) is 0. The van der Waals surface area contributed by atoms with Gasteiger partial charge in [0.05, 0.1) is 10.4 Å². The molecule has 0 spiro atoms. The number of sulfone groups is 1. The van der Waals surface area contributed by atoms with E-state index in [2.05, 4.69) is 20.9 Å². The molecule has 5 heterocycles. The Bertz CT molecular complexity index is 1510. The van der Waals surface area contributed by atoms with Gasteiger partial charge >= 0.3 is 0 Å². The van der Waals surface area contributed by atoms with Crippen molar-refractivity contribution in [1.29, 1.82) is 0 Å². The van der Waals surface area contributed by atoms with Crippen LogP contribution in [0, 0.1) is 5.82 Å². The van der Waals surface area contributed by atoms with E-state index in [-0.39, 0.29) is 10.7 Å². The van der Waals surface area contributed by atoms with Crippen LogP contribution >= 0.6 is 0 Å². The first-order valence-corrected chi connectivity index (χ1v) is 17.2. The molecular weight excluding hydrogens is 539 g/mol. The van der Waals surface area contributed by atoms with Crippen LogP contribution in [0.25, 0.3) is 22.4 Å². The Kier molecular flexibility index (Phi) is 7.20. The van der Waals surface area contributed by atoms with Crippen molar-refractivity contribution < 1.29 is 17.5 Å². The van der Waals surface area contributed by atoms with Crippen LogP contribution in [0.2, 0.25) is 0 Å². The monoisotopic (exact) mass is 580 g/mol.